The Bertz CT molecular complexity index is 1260. The molecule has 1 saturated heterocycles. The van der Waals surface area contributed by atoms with E-state index in [1.807, 2.05) is 36.4 Å². The zero-order chi connectivity index (χ0) is 23.3. The first kappa shape index (κ1) is 22.3. The number of aromatic nitrogens is 4. The summed E-state index contributed by atoms with van der Waals surface area (Å²) in [6, 6.07) is 13.2. The van der Waals surface area contributed by atoms with E-state index in [0.717, 1.165) is 54.0 Å². The molecule has 9 heteroatoms. The first-order valence-electron chi connectivity index (χ1n) is 11.2. The van der Waals surface area contributed by atoms with Crippen LogP contribution in [0.15, 0.2) is 61.3 Å². The van der Waals surface area contributed by atoms with Crippen LogP contribution in [-0.2, 0) is 6.61 Å². The highest BCUT2D eigenvalue weighted by atomic mass is 35.5. The van der Waals surface area contributed by atoms with Crippen molar-refractivity contribution in [2.75, 3.05) is 25.5 Å². The van der Waals surface area contributed by atoms with Gasteiger partial charge in [0, 0.05) is 25.0 Å². The van der Waals surface area contributed by atoms with Crippen molar-refractivity contribution in [1.82, 2.24) is 24.8 Å². The predicted molar refractivity (Wildman–Crippen MR) is 132 cm³/mol. The molecule has 0 saturated carbocycles. The molecule has 0 unspecified atom stereocenters. The summed E-state index contributed by atoms with van der Waals surface area (Å²) >= 11 is 6.49. The summed E-state index contributed by atoms with van der Waals surface area (Å²) in [5.41, 5.74) is 2.38. The van der Waals surface area contributed by atoms with Gasteiger partial charge >= 0.3 is 0 Å². The fourth-order valence-electron chi connectivity index (χ4n) is 3.94. The molecule has 0 amide bonds. The molecular weight excluding hydrogens is 452 g/mol. The number of fused-ring (bicyclic) bond motifs is 1. The quantitative estimate of drug-likeness (QED) is 0.404. The summed E-state index contributed by atoms with van der Waals surface area (Å²) in [6.07, 6.45) is 6.88. The molecule has 174 valence electrons. The van der Waals surface area contributed by atoms with Gasteiger partial charge in [-0.3, -0.25) is 0 Å². The first-order valence-corrected chi connectivity index (χ1v) is 11.6. The molecule has 5 rings (SSSR count). The average molecular weight is 477 g/mol. The molecule has 34 heavy (non-hydrogen) atoms. The number of ether oxygens (including phenoxy) is 2. The van der Waals surface area contributed by atoms with E-state index in [1.54, 1.807) is 18.6 Å². The van der Waals surface area contributed by atoms with Crippen LogP contribution < -0.4 is 14.8 Å². The average Bonchev–Trinajstić information content (AvgIpc) is 2.86. The molecule has 4 aromatic rings. The van der Waals surface area contributed by atoms with E-state index in [0.29, 0.717) is 23.2 Å². The monoisotopic (exact) mass is 476 g/mol. The number of likely N-dealkylation sites (tertiary alicyclic amines) is 1. The maximum absolute atomic E-state index is 6.49. The van der Waals surface area contributed by atoms with Crippen LogP contribution in [0.5, 0.6) is 11.5 Å². The lowest BCUT2D eigenvalue weighted by Gasteiger charge is -2.29. The Morgan fingerprint density at radius 2 is 1.91 bits per heavy atom. The van der Waals surface area contributed by atoms with Gasteiger partial charge in [-0.05, 0) is 56.3 Å². The first-order chi connectivity index (χ1) is 16.7. The Morgan fingerprint density at radius 1 is 1.03 bits per heavy atom. The molecule has 1 fully saturated rings. The minimum absolute atomic E-state index is 0.176. The topological polar surface area (TPSA) is 85.3 Å². The smallest absolute Gasteiger partial charge is 0.145 e. The number of halogens is 1. The van der Waals surface area contributed by atoms with Gasteiger partial charge in [0.15, 0.2) is 0 Å². The second-order valence-electron chi connectivity index (χ2n) is 8.25. The van der Waals surface area contributed by atoms with Gasteiger partial charge in [0.2, 0.25) is 0 Å². The van der Waals surface area contributed by atoms with Crippen molar-refractivity contribution >= 4 is 34.0 Å². The van der Waals surface area contributed by atoms with Crippen LogP contribution in [0.2, 0.25) is 5.02 Å². The Kier molecular flexibility index (Phi) is 6.69. The lowest BCUT2D eigenvalue weighted by atomic mass is 10.1. The standard InChI is InChI=1S/C25H25ClN6O2/c1-32-11-8-19(9-12-32)34-23-4-2-3-21-24(23)25(30-16-29-21)31-17-5-6-22(20(26)13-17)33-14-18-7-10-27-15-28-18/h2-7,10,13,15-16,19H,8-9,11-12,14H2,1H3,(H,29,30,31). The van der Waals surface area contributed by atoms with Crippen molar-refractivity contribution < 1.29 is 9.47 Å². The third-order valence-corrected chi connectivity index (χ3v) is 6.09. The molecule has 2 aromatic heterocycles. The van der Waals surface area contributed by atoms with Crippen molar-refractivity contribution in [2.24, 2.45) is 0 Å². The van der Waals surface area contributed by atoms with Crippen LogP contribution in [0, 0.1) is 0 Å². The maximum atomic E-state index is 6.49. The van der Waals surface area contributed by atoms with Gasteiger partial charge in [0.1, 0.15) is 42.7 Å². The van der Waals surface area contributed by atoms with E-state index >= 15 is 0 Å². The van der Waals surface area contributed by atoms with Crippen LogP contribution in [0.4, 0.5) is 11.5 Å². The summed E-state index contributed by atoms with van der Waals surface area (Å²) in [4.78, 5) is 19.3. The van der Waals surface area contributed by atoms with E-state index in [9.17, 15) is 0 Å². The van der Waals surface area contributed by atoms with Crippen molar-refractivity contribution in [3.8, 4) is 11.5 Å². The number of hydrogen-bond acceptors (Lipinski definition) is 8. The summed E-state index contributed by atoms with van der Waals surface area (Å²) < 4.78 is 12.2. The molecular formula is C25H25ClN6O2. The highest BCUT2D eigenvalue weighted by molar-refractivity contribution is 6.32. The fraction of sp³-hybridized carbons (Fsp3) is 0.280. The number of benzene rings is 2. The Morgan fingerprint density at radius 3 is 2.71 bits per heavy atom. The van der Waals surface area contributed by atoms with E-state index in [1.165, 1.54) is 6.33 Å². The van der Waals surface area contributed by atoms with Gasteiger partial charge in [0.25, 0.3) is 0 Å². The third kappa shape index (κ3) is 5.18. The predicted octanol–water partition coefficient (Wildman–Crippen LogP) is 4.87. The van der Waals surface area contributed by atoms with Gasteiger partial charge in [-0.1, -0.05) is 17.7 Å². The zero-order valence-electron chi connectivity index (χ0n) is 18.8. The van der Waals surface area contributed by atoms with Crippen LogP contribution in [0.1, 0.15) is 18.5 Å². The Labute approximate surface area is 202 Å². The molecule has 0 aliphatic carbocycles. The number of nitrogens with zero attached hydrogens (tertiary/aromatic N) is 5. The molecule has 8 nitrogen and oxygen atoms in total. The number of rotatable bonds is 7. The lowest BCUT2D eigenvalue weighted by Crippen LogP contribution is -2.35. The summed E-state index contributed by atoms with van der Waals surface area (Å²) in [7, 11) is 2.14. The Balaban J connectivity index is 1.35. The molecule has 3 heterocycles. The summed E-state index contributed by atoms with van der Waals surface area (Å²) in [5, 5.41) is 4.71. The second-order valence-corrected chi connectivity index (χ2v) is 8.66. The van der Waals surface area contributed by atoms with E-state index in [4.69, 9.17) is 21.1 Å². The van der Waals surface area contributed by atoms with Crippen LogP contribution in [0.3, 0.4) is 0 Å². The molecule has 1 N–H and O–H groups in total. The van der Waals surface area contributed by atoms with Crippen LogP contribution >= 0.6 is 11.6 Å². The van der Waals surface area contributed by atoms with Crippen molar-refractivity contribution in [1.29, 1.82) is 0 Å². The van der Waals surface area contributed by atoms with E-state index in [-0.39, 0.29) is 6.10 Å². The van der Waals surface area contributed by atoms with Gasteiger partial charge in [-0.15, -0.1) is 0 Å². The van der Waals surface area contributed by atoms with Gasteiger partial charge in [-0.25, -0.2) is 19.9 Å². The van der Waals surface area contributed by atoms with Crippen LogP contribution in [0.25, 0.3) is 10.9 Å². The summed E-state index contributed by atoms with van der Waals surface area (Å²) in [5.74, 6) is 2.02. The molecule has 1 aliphatic rings. The fourth-order valence-corrected chi connectivity index (χ4v) is 4.18. The van der Waals surface area contributed by atoms with Crippen LogP contribution in [-0.4, -0.2) is 51.1 Å². The lowest BCUT2D eigenvalue weighted by molar-refractivity contribution is 0.116. The molecule has 0 radical (unpaired) electrons. The number of hydrogen-bond donors (Lipinski definition) is 1. The summed E-state index contributed by atoms with van der Waals surface area (Å²) in [6.45, 7) is 2.37. The van der Waals surface area contributed by atoms with Crippen molar-refractivity contribution in [2.45, 2.75) is 25.6 Å². The van der Waals surface area contributed by atoms with E-state index in [2.05, 4.69) is 37.2 Å². The molecule has 0 bridgehead atoms. The van der Waals surface area contributed by atoms with Crippen molar-refractivity contribution in [3.05, 3.63) is 72.0 Å². The van der Waals surface area contributed by atoms with Gasteiger partial charge in [-0.2, -0.15) is 0 Å². The normalized spacial score (nSPS) is 14.8. The number of nitrogens with one attached hydrogen (secondary N) is 1. The maximum Gasteiger partial charge on any atom is 0.145 e. The Hall–Kier alpha value is -3.49. The molecule has 1 aliphatic heterocycles. The molecule has 0 atom stereocenters. The molecule has 0 spiro atoms. The van der Waals surface area contributed by atoms with Crippen molar-refractivity contribution in [3.63, 3.8) is 0 Å². The minimum atomic E-state index is 0.176. The highest BCUT2D eigenvalue weighted by Gasteiger charge is 2.20. The molecule has 2 aromatic carbocycles. The SMILES string of the molecule is CN1CCC(Oc2cccc3ncnc(Nc4ccc(OCc5ccncn5)c(Cl)c4)c23)CC1. The second kappa shape index (κ2) is 10.2. The van der Waals surface area contributed by atoms with E-state index < -0.39 is 0 Å². The van der Waals surface area contributed by atoms with Gasteiger partial charge in [0.05, 0.1) is 21.6 Å². The zero-order valence-corrected chi connectivity index (χ0v) is 19.6. The van der Waals surface area contributed by atoms with Gasteiger partial charge < -0.3 is 19.7 Å². The minimum Gasteiger partial charge on any atom is -0.489 e. The highest BCUT2D eigenvalue weighted by Crippen LogP contribution is 2.35. The number of piperidine rings is 1. The third-order valence-electron chi connectivity index (χ3n) is 5.80. The number of anilines is 2. The largest absolute Gasteiger partial charge is 0.489 e.